The number of nitrogens with zero attached hydrogens (tertiary/aromatic N) is 2. The van der Waals surface area contributed by atoms with Crippen molar-refractivity contribution >= 4 is 18.3 Å². The first kappa shape index (κ1) is 19.0. The SMILES string of the molecule is CN(C)CCN(C(=O)CC1CC2CCC(C1)N2)C1CCCC1.Cl. The first-order chi connectivity index (χ1) is 10.6. The molecule has 4 nitrogen and oxygen atoms in total. The average Bonchev–Trinajstić information content (AvgIpc) is 3.09. The number of rotatable bonds is 6. The molecule has 1 amide bonds. The number of piperidine rings is 1. The molecular formula is C18H34ClN3O. The van der Waals surface area contributed by atoms with Crippen molar-refractivity contribution in [3.8, 4) is 0 Å². The molecule has 3 rings (SSSR count). The maximum Gasteiger partial charge on any atom is 0.223 e. The van der Waals surface area contributed by atoms with E-state index in [0.717, 1.165) is 19.5 Å². The topological polar surface area (TPSA) is 35.6 Å². The summed E-state index contributed by atoms with van der Waals surface area (Å²) in [7, 11) is 4.20. The molecule has 1 N–H and O–H groups in total. The Morgan fingerprint density at radius 1 is 1.00 bits per heavy atom. The van der Waals surface area contributed by atoms with Gasteiger partial charge in [0.1, 0.15) is 0 Å². The molecule has 2 saturated heterocycles. The second kappa shape index (κ2) is 8.68. The maximum absolute atomic E-state index is 12.9. The van der Waals surface area contributed by atoms with E-state index >= 15 is 0 Å². The number of nitrogens with one attached hydrogen (secondary N) is 1. The quantitative estimate of drug-likeness (QED) is 0.805. The lowest BCUT2D eigenvalue weighted by Gasteiger charge is -2.34. The summed E-state index contributed by atoms with van der Waals surface area (Å²) in [5, 5.41) is 3.69. The van der Waals surface area contributed by atoms with Crippen molar-refractivity contribution in [1.29, 1.82) is 0 Å². The van der Waals surface area contributed by atoms with Crippen molar-refractivity contribution in [3.05, 3.63) is 0 Å². The fourth-order valence-electron chi connectivity index (χ4n) is 4.74. The minimum absolute atomic E-state index is 0. The Morgan fingerprint density at radius 3 is 2.17 bits per heavy atom. The fourth-order valence-corrected chi connectivity index (χ4v) is 4.74. The molecule has 134 valence electrons. The number of amides is 1. The van der Waals surface area contributed by atoms with Gasteiger partial charge in [0, 0.05) is 37.6 Å². The van der Waals surface area contributed by atoms with Crippen LogP contribution in [0.1, 0.15) is 57.8 Å². The highest BCUT2D eigenvalue weighted by Gasteiger charge is 2.35. The standard InChI is InChI=1S/C18H33N3O.ClH/c1-20(2)9-10-21(17-5-3-4-6-17)18(22)13-14-11-15-7-8-16(12-14)19-15;/h14-17,19H,3-13H2,1-2H3;1H. The molecule has 2 heterocycles. The van der Waals surface area contributed by atoms with Gasteiger partial charge < -0.3 is 15.1 Å². The van der Waals surface area contributed by atoms with E-state index in [2.05, 4.69) is 29.2 Å². The van der Waals surface area contributed by atoms with Gasteiger partial charge in [-0.3, -0.25) is 4.79 Å². The molecular weight excluding hydrogens is 310 g/mol. The van der Waals surface area contributed by atoms with Gasteiger partial charge in [-0.25, -0.2) is 0 Å². The number of hydrogen-bond donors (Lipinski definition) is 1. The highest BCUT2D eigenvalue weighted by molar-refractivity contribution is 5.85. The number of hydrogen-bond acceptors (Lipinski definition) is 3. The second-order valence-corrected chi connectivity index (χ2v) is 8.01. The lowest BCUT2D eigenvalue weighted by atomic mass is 9.89. The molecule has 0 aromatic carbocycles. The van der Waals surface area contributed by atoms with Crippen LogP contribution in [-0.4, -0.2) is 61.0 Å². The average molecular weight is 344 g/mol. The monoisotopic (exact) mass is 343 g/mol. The van der Waals surface area contributed by atoms with Crippen LogP contribution in [0, 0.1) is 5.92 Å². The van der Waals surface area contributed by atoms with Crippen LogP contribution in [0.4, 0.5) is 0 Å². The third kappa shape index (κ3) is 5.07. The first-order valence-corrected chi connectivity index (χ1v) is 9.32. The minimum atomic E-state index is 0. The zero-order chi connectivity index (χ0) is 15.5. The van der Waals surface area contributed by atoms with Crippen molar-refractivity contribution in [2.75, 3.05) is 27.2 Å². The van der Waals surface area contributed by atoms with Crippen molar-refractivity contribution in [3.63, 3.8) is 0 Å². The van der Waals surface area contributed by atoms with Gasteiger partial charge in [0.25, 0.3) is 0 Å². The molecule has 2 atom stereocenters. The normalized spacial score (nSPS) is 30.5. The molecule has 5 heteroatoms. The van der Waals surface area contributed by atoms with E-state index in [1.807, 2.05) is 0 Å². The van der Waals surface area contributed by atoms with Gasteiger partial charge in [0.05, 0.1) is 0 Å². The lowest BCUT2D eigenvalue weighted by molar-refractivity contribution is -0.135. The van der Waals surface area contributed by atoms with Crippen LogP contribution >= 0.6 is 12.4 Å². The molecule has 1 saturated carbocycles. The molecule has 0 radical (unpaired) electrons. The summed E-state index contributed by atoms with van der Waals surface area (Å²) < 4.78 is 0. The summed E-state index contributed by atoms with van der Waals surface area (Å²) in [5.41, 5.74) is 0. The van der Waals surface area contributed by atoms with Gasteiger partial charge in [0.2, 0.25) is 5.91 Å². The molecule has 2 unspecified atom stereocenters. The lowest BCUT2D eigenvalue weighted by Crippen LogP contribution is -2.45. The third-order valence-corrected chi connectivity index (χ3v) is 5.91. The van der Waals surface area contributed by atoms with Gasteiger partial charge in [-0.15, -0.1) is 12.4 Å². The van der Waals surface area contributed by atoms with Crippen LogP contribution in [0.25, 0.3) is 0 Å². The molecule has 2 bridgehead atoms. The van der Waals surface area contributed by atoms with Gasteiger partial charge in [0.15, 0.2) is 0 Å². The molecule has 0 aromatic rings. The Kier molecular flexibility index (Phi) is 7.18. The Morgan fingerprint density at radius 2 is 1.61 bits per heavy atom. The summed E-state index contributed by atoms with van der Waals surface area (Å²) in [6.07, 6.45) is 10.9. The van der Waals surface area contributed by atoms with Crippen LogP contribution < -0.4 is 5.32 Å². The maximum atomic E-state index is 12.9. The van der Waals surface area contributed by atoms with Crippen molar-refractivity contribution in [2.45, 2.75) is 75.9 Å². The van der Waals surface area contributed by atoms with Crippen LogP contribution in [0.5, 0.6) is 0 Å². The predicted octanol–water partition coefficient (Wildman–Crippen LogP) is 2.66. The van der Waals surface area contributed by atoms with Crippen LogP contribution in [0.2, 0.25) is 0 Å². The Bertz CT molecular complexity index is 372. The van der Waals surface area contributed by atoms with E-state index in [0.29, 0.717) is 30.0 Å². The van der Waals surface area contributed by atoms with Crippen LogP contribution in [-0.2, 0) is 4.79 Å². The minimum Gasteiger partial charge on any atom is -0.338 e. The fraction of sp³-hybridized carbons (Fsp3) is 0.944. The Labute approximate surface area is 147 Å². The Hall–Kier alpha value is -0.320. The predicted molar refractivity (Wildman–Crippen MR) is 97.1 cm³/mol. The molecule has 2 aliphatic heterocycles. The third-order valence-electron chi connectivity index (χ3n) is 5.91. The van der Waals surface area contributed by atoms with E-state index < -0.39 is 0 Å². The van der Waals surface area contributed by atoms with E-state index in [1.165, 1.54) is 51.4 Å². The zero-order valence-corrected chi connectivity index (χ0v) is 15.6. The van der Waals surface area contributed by atoms with E-state index in [9.17, 15) is 4.79 Å². The molecule has 3 fully saturated rings. The largest absolute Gasteiger partial charge is 0.338 e. The molecule has 0 spiro atoms. The smallest absolute Gasteiger partial charge is 0.223 e. The molecule has 1 aliphatic carbocycles. The van der Waals surface area contributed by atoms with Gasteiger partial charge >= 0.3 is 0 Å². The zero-order valence-electron chi connectivity index (χ0n) is 14.8. The second-order valence-electron chi connectivity index (χ2n) is 8.01. The molecule has 0 aromatic heterocycles. The number of likely N-dealkylation sites (N-methyl/N-ethyl adjacent to an activating group) is 1. The van der Waals surface area contributed by atoms with Crippen LogP contribution in [0.3, 0.4) is 0 Å². The summed E-state index contributed by atoms with van der Waals surface area (Å²) >= 11 is 0. The molecule has 3 aliphatic rings. The summed E-state index contributed by atoms with van der Waals surface area (Å²) in [6.45, 7) is 1.90. The van der Waals surface area contributed by atoms with E-state index in [-0.39, 0.29) is 12.4 Å². The van der Waals surface area contributed by atoms with E-state index in [1.54, 1.807) is 0 Å². The number of fused-ring (bicyclic) bond motifs is 2. The summed E-state index contributed by atoms with van der Waals surface area (Å²) in [4.78, 5) is 17.4. The first-order valence-electron chi connectivity index (χ1n) is 9.32. The van der Waals surface area contributed by atoms with Gasteiger partial charge in [-0.05, 0) is 58.5 Å². The van der Waals surface area contributed by atoms with Gasteiger partial charge in [-0.2, -0.15) is 0 Å². The summed E-state index contributed by atoms with van der Waals surface area (Å²) in [6, 6.07) is 1.90. The number of halogens is 1. The highest BCUT2D eigenvalue weighted by Crippen LogP contribution is 2.33. The molecule has 23 heavy (non-hydrogen) atoms. The Balaban J connectivity index is 0.00000192. The number of carbonyl (C=O) groups is 1. The van der Waals surface area contributed by atoms with Gasteiger partial charge in [-0.1, -0.05) is 12.8 Å². The summed E-state index contributed by atoms with van der Waals surface area (Å²) in [5.74, 6) is 1.05. The van der Waals surface area contributed by atoms with Crippen molar-refractivity contribution < 1.29 is 4.79 Å². The van der Waals surface area contributed by atoms with Crippen molar-refractivity contribution in [2.24, 2.45) is 5.92 Å². The van der Waals surface area contributed by atoms with Crippen LogP contribution in [0.15, 0.2) is 0 Å². The van der Waals surface area contributed by atoms with E-state index in [4.69, 9.17) is 0 Å². The number of carbonyl (C=O) groups excluding carboxylic acids is 1. The highest BCUT2D eigenvalue weighted by atomic mass is 35.5. The van der Waals surface area contributed by atoms with Crippen molar-refractivity contribution in [1.82, 2.24) is 15.1 Å².